The lowest BCUT2D eigenvalue weighted by Gasteiger charge is -2.19. The van der Waals surface area contributed by atoms with Gasteiger partial charge in [-0.2, -0.15) is 0 Å². The number of pyridine rings is 1. The van der Waals surface area contributed by atoms with E-state index in [0.717, 1.165) is 11.4 Å². The van der Waals surface area contributed by atoms with Crippen molar-refractivity contribution in [1.82, 2.24) is 4.98 Å². The van der Waals surface area contributed by atoms with Crippen molar-refractivity contribution in [1.29, 1.82) is 0 Å². The van der Waals surface area contributed by atoms with Crippen molar-refractivity contribution in [2.45, 2.75) is 6.92 Å². The fourth-order valence-corrected chi connectivity index (χ4v) is 2.92. The second-order valence-corrected chi connectivity index (χ2v) is 6.30. The molecule has 1 amide bonds. The van der Waals surface area contributed by atoms with Crippen LogP contribution in [-0.2, 0) is 0 Å². The summed E-state index contributed by atoms with van der Waals surface area (Å²) in [4.78, 5) is 16.9. The Kier molecular flexibility index (Phi) is 5.47. The maximum Gasteiger partial charge on any atom is 0.257 e. The van der Waals surface area contributed by atoms with E-state index < -0.39 is 0 Å². The third kappa shape index (κ3) is 4.40. The van der Waals surface area contributed by atoms with Gasteiger partial charge in [-0.3, -0.25) is 4.79 Å². The van der Waals surface area contributed by atoms with Gasteiger partial charge in [-0.1, -0.05) is 12.1 Å². The highest BCUT2D eigenvalue weighted by atomic mass is 16.6. The third-order valence-electron chi connectivity index (χ3n) is 4.28. The largest absolute Gasteiger partial charge is 0.492 e. The number of nitrogens with zero attached hydrogens (tertiary/aromatic N) is 1. The molecule has 7 nitrogen and oxygen atoms in total. The average molecular weight is 391 g/mol. The summed E-state index contributed by atoms with van der Waals surface area (Å²) in [6.45, 7) is 3.53. The molecule has 0 unspecified atom stereocenters. The molecule has 0 atom stereocenters. The van der Waals surface area contributed by atoms with Crippen LogP contribution in [0.5, 0.6) is 17.2 Å². The number of carbonyl (C=O) groups excluding carboxylic acids is 1. The topological polar surface area (TPSA) is 81.7 Å². The van der Waals surface area contributed by atoms with Crippen LogP contribution in [0.4, 0.5) is 17.2 Å². The van der Waals surface area contributed by atoms with Gasteiger partial charge >= 0.3 is 0 Å². The number of benzene rings is 2. The van der Waals surface area contributed by atoms with E-state index in [0.29, 0.717) is 48.4 Å². The number of fused-ring (bicyclic) bond motifs is 1. The Hall–Kier alpha value is -3.74. The number of ether oxygens (including phenoxy) is 3. The first-order valence-corrected chi connectivity index (χ1v) is 9.39. The first kappa shape index (κ1) is 18.6. The number of nitrogens with one attached hydrogen (secondary N) is 2. The molecule has 3 aromatic rings. The quantitative estimate of drug-likeness (QED) is 0.654. The molecule has 1 aliphatic rings. The van der Waals surface area contributed by atoms with Crippen molar-refractivity contribution in [3.8, 4) is 17.2 Å². The minimum Gasteiger partial charge on any atom is -0.492 e. The Morgan fingerprint density at radius 1 is 1.07 bits per heavy atom. The summed E-state index contributed by atoms with van der Waals surface area (Å²) in [6, 6.07) is 16.4. The van der Waals surface area contributed by atoms with Gasteiger partial charge in [0.05, 0.1) is 17.9 Å². The van der Waals surface area contributed by atoms with E-state index >= 15 is 0 Å². The van der Waals surface area contributed by atoms with Crippen LogP contribution in [0.15, 0.2) is 60.8 Å². The predicted molar refractivity (Wildman–Crippen MR) is 111 cm³/mol. The van der Waals surface area contributed by atoms with E-state index in [1.807, 2.05) is 31.2 Å². The second kappa shape index (κ2) is 8.52. The van der Waals surface area contributed by atoms with Crippen LogP contribution in [0.1, 0.15) is 17.3 Å². The Morgan fingerprint density at radius 2 is 1.90 bits per heavy atom. The summed E-state index contributed by atoms with van der Waals surface area (Å²) in [5.74, 6) is 2.42. The molecular weight excluding hydrogens is 370 g/mol. The maximum absolute atomic E-state index is 12.5. The second-order valence-electron chi connectivity index (χ2n) is 6.30. The Labute approximate surface area is 168 Å². The molecule has 2 N–H and O–H groups in total. The minimum absolute atomic E-state index is 0.254. The summed E-state index contributed by atoms with van der Waals surface area (Å²) >= 11 is 0. The average Bonchev–Trinajstić information content (AvgIpc) is 2.76. The summed E-state index contributed by atoms with van der Waals surface area (Å²) in [5, 5.41) is 6.06. The molecule has 7 heteroatoms. The zero-order chi connectivity index (χ0) is 20.1. The Bertz CT molecular complexity index is 1010. The lowest BCUT2D eigenvalue weighted by Crippen LogP contribution is -2.16. The van der Waals surface area contributed by atoms with Crippen molar-refractivity contribution >= 4 is 23.1 Å². The predicted octanol–water partition coefficient (Wildman–Crippen LogP) is 4.25. The van der Waals surface area contributed by atoms with Crippen LogP contribution < -0.4 is 24.8 Å². The standard InChI is InChI=1S/C22H21N3O4/c1-2-27-18-6-4-3-5-17(18)25-21-10-7-15(14-23-21)22(26)24-16-8-9-19-20(13-16)29-12-11-28-19/h3-10,13-14H,2,11-12H2,1H3,(H,23,25)(H,24,26). The lowest BCUT2D eigenvalue weighted by molar-refractivity contribution is 0.102. The number of aromatic nitrogens is 1. The highest BCUT2D eigenvalue weighted by Crippen LogP contribution is 2.32. The molecule has 0 spiro atoms. The summed E-state index contributed by atoms with van der Waals surface area (Å²) in [5.41, 5.74) is 1.89. The van der Waals surface area contributed by atoms with Crippen LogP contribution in [0.2, 0.25) is 0 Å². The van der Waals surface area contributed by atoms with Crippen molar-refractivity contribution in [2.75, 3.05) is 30.5 Å². The van der Waals surface area contributed by atoms with Gasteiger partial charge in [0, 0.05) is 18.0 Å². The van der Waals surface area contributed by atoms with Gasteiger partial charge in [0.15, 0.2) is 11.5 Å². The highest BCUT2D eigenvalue weighted by molar-refractivity contribution is 6.04. The fourth-order valence-electron chi connectivity index (χ4n) is 2.92. The van der Waals surface area contributed by atoms with Crippen LogP contribution in [0.25, 0.3) is 0 Å². The number of amides is 1. The van der Waals surface area contributed by atoms with Crippen molar-refractivity contribution in [3.05, 3.63) is 66.4 Å². The van der Waals surface area contributed by atoms with Crippen LogP contribution >= 0.6 is 0 Å². The molecule has 1 aromatic heterocycles. The van der Waals surface area contributed by atoms with Gasteiger partial charge < -0.3 is 24.8 Å². The molecule has 0 saturated heterocycles. The Morgan fingerprint density at radius 3 is 2.69 bits per heavy atom. The molecule has 0 fully saturated rings. The zero-order valence-corrected chi connectivity index (χ0v) is 16.0. The monoisotopic (exact) mass is 391 g/mol. The molecule has 0 bridgehead atoms. The van der Waals surface area contributed by atoms with Gasteiger partial charge in [-0.25, -0.2) is 4.98 Å². The van der Waals surface area contributed by atoms with Gasteiger partial charge in [-0.15, -0.1) is 0 Å². The number of carbonyl (C=O) groups is 1. The molecule has 148 valence electrons. The van der Waals surface area contributed by atoms with Gasteiger partial charge in [-0.05, 0) is 43.3 Å². The normalized spacial score (nSPS) is 12.2. The highest BCUT2D eigenvalue weighted by Gasteiger charge is 2.14. The molecule has 2 aromatic carbocycles. The summed E-state index contributed by atoms with van der Waals surface area (Å²) in [6.07, 6.45) is 1.53. The van der Waals surface area contributed by atoms with Gasteiger partial charge in [0.1, 0.15) is 24.8 Å². The molecule has 0 aliphatic carbocycles. The SMILES string of the molecule is CCOc1ccccc1Nc1ccc(C(=O)Nc2ccc3c(c2)OCCO3)cn1. The number of para-hydroxylation sites is 2. The summed E-state index contributed by atoms with van der Waals surface area (Å²) < 4.78 is 16.6. The number of hydrogen-bond donors (Lipinski definition) is 2. The third-order valence-corrected chi connectivity index (χ3v) is 4.28. The van der Waals surface area contributed by atoms with Crippen LogP contribution in [0, 0.1) is 0 Å². The molecular formula is C22H21N3O4. The summed E-state index contributed by atoms with van der Waals surface area (Å²) in [7, 11) is 0. The minimum atomic E-state index is -0.254. The van der Waals surface area contributed by atoms with Crippen molar-refractivity contribution < 1.29 is 19.0 Å². The van der Waals surface area contributed by atoms with E-state index in [2.05, 4.69) is 15.6 Å². The van der Waals surface area contributed by atoms with Gasteiger partial charge in [0.25, 0.3) is 5.91 Å². The zero-order valence-electron chi connectivity index (χ0n) is 16.0. The molecule has 4 rings (SSSR count). The molecule has 0 radical (unpaired) electrons. The van der Waals surface area contributed by atoms with E-state index in [1.54, 1.807) is 30.3 Å². The van der Waals surface area contributed by atoms with Crippen molar-refractivity contribution in [2.24, 2.45) is 0 Å². The smallest absolute Gasteiger partial charge is 0.257 e. The van der Waals surface area contributed by atoms with Gasteiger partial charge in [0.2, 0.25) is 0 Å². The molecule has 2 heterocycles. The van der Waals surface area contributed by atoms with Crippen LogP contribution in [0.3, 0.4) is 0 Å². The first-order chi connectivity index (χ1) is 14.2. The Balaban J connectivity index is 1.43. The fraction of sp³-hybridized carbons (Fsp3) is 0.182. The van der Waals surface area contributed by atoms with Crippen molar-refractivity contribution in [3.63, 3.8) is 0 Å². The van der Waals surface area contributed by atoms with E-state index in [-0.39, 0.29) is 5.91 Å². The van der Waals surface area contributed by atoms with E-state index in [4.69, 9.17) is 14.2 Å². The molecule has 1 aliphatic heterocycles. The lowest BCUT2D eigenvalue weighted by atomic mass is 10.2. The van der Waals surface area contributed by atoms with E-state index in [1.165, 1.54) is 6.20 Å². The van der Waals surface area contributed by atoms with E-state index in [9.17, 15) is 4.79 Å². The number of anilines is 3. The van der Waals surface area contributed by atoms with Crippen LogP contribution in [-0.4, -0.2) is 30.7 Å². The molecule has 0 saturated carbocycles. The number of hydrogen-bond acceptors (Lipinski definition) is 6. The molecule has 29 heavy (non-hydrogen) atoms. The maximum atomic E-state index is 12.5. The first-order valence-electron chi connectivity index (χ1n) is 9.39. The number of rotatable bonds is 6.